The van der Waals surface area contributed by atoms with E-state index < -0.39 is 41.6 Å². The zero-order chi connectivity index (χ0) is 15.6. The molecule has 0 aromatic rings. The molecule has 0 rings (SSSR count). The Morgan fingerprint density at radius 1 is 1.00 bits per heavy atom. The molecule has 2 atom stereocenters. The zero-order valence-electron chi connectivity index (χ0n) is 12.5. The second-order valence-corrected chi connectivity index (χ2v) is 6.66. The van der Waals surface area contributed by atoms with E-state index in [9.17, 15) is 19.8 Å². The van der Waals surface area contributed by atoms with E-state index in [4.69, 9.17) is 5.11 Å². The van der Waals surface area contributed by atoms with Crippen LogP contribution >= 0.6 is 0 Å². The van der Waals surface area contributed by atoms with E-state index in [1.807, 2.05) is 41.5 Å². The van der Waals surface area contributed by atoms with E-state index >= 15 is 0 Å². The van der Waals surface area contributed by atoms with Gasteiger partial charge in [-0.25, -0.2) is 0 Å². The van der Waals surface area contributed by atoms with E-state index in [-0.39, 0.29) is 0 Å². The van der Waals surface area contributed by atoms with Gasteiger partial charge in [-0.2, -0.15) is 0 Å². The van der Waals surface area contributed by atoms with Crippen LogP contribution in [0.2, 0.25) is 0 Å². The van der Waals surface area contributed by atoms with Crippen molar-refractivity contribution in [3.63, 3.8) is 0 Å². The molecule has 0 aliphatic carbocycles. The lowest BCUT2D eigenvalue weighted by atomic mass is 9.90. The van der Waals surface area contributed by atoms with Gasteiger partial charge in [0, 0.05) is 11.1 Å². The van der Waals surface area contributed by atoms with Gasteiger partial charge in [-0.3, -0.25) is 14.5 Å². The number of carboxylic acid groups (broad SMARTS) is 2. The van der Waals surface area contributed by atoms with Crippen molar-refractivity contribution in [2.45, 2.75) is 71.2 Å². The summed E-state index contributed by atoms with van der Waals surface area (Å²) in [5.41, 5.74) is -1.05. The highest BCUT2D eigenvalue weighted by Crippen LogP contribution is 2.29. The van der Waals surface area contributed by atoms with Crippen LogP contribution in [0, 0.1) is 0 Å². The van der Waals surface area contributed by atoms with Gasteiger partial charge < -0.3 is 15.3 Å². The maximum absolute atomic E-state index is 11.5. The lowest BCUT2D eigenvalue weighted by molar-refractivity contribution is -0.159. The number of hydrogen-bond donors (Lipinski definition) is 3. The minimum atomic E-state index is -1.46. The summed E-state index contributed by atoms with van der Waals surface area (Å²) in [5.74, 6) is -2.44. The fraction of sp³-hybridized carbons (Fsp3) is 0.846. The molecule has 0 saturated carbocycles. The van der Waals surface area contributed by atoms with E-state index in [2.05, 4.69) is 0 Å². The van der Waals surface area contributed by atoms with Crippen molar-refractivity contribution in [1.82, 2.24) is 4.90 Å². The molecule has 0 aliphatic heterocycles. The van der Waals surface area contributed by atoms with Crippen LogP contribution in [0.4, 0.5) is 0 Å². The van der Waals surface area contributed by atoms with Crippen LogP contribution in [-0.2, 0) is 9.59 Å². The van der Waals surface area contributed by atoms with Crippen molar-refractivity contribution in [1.29, 1.82) is 0 Å². The first kappa shape index (κ1) is 17.9. The average molecular weight is 275 g/mol. The first-order valence-corrected chi connectivity index (χ1v) is 6.20. The Balaban J connectivity index is 5.55. The Morgan fingerprint density at radius 2 is 1.37 bits per heavy atom. The molecule has 0 aromatic heterocycles. The summed E-state index contributed by atoms with van der Waals surface area (Å²) in [5, 5.41) is 28.0. The minimum Gasteiger partial charge on any atom is -0.481 e. The molecule has 6 heteroatoms. The molecule has 0 radical (unpaired) electrons. The molecule has 0 aliphatic rings. The second kappa shape index (κ2) is 5.88. The smallest absolute Gasteiger partial charge is 0.323 e. The van der Waals surface area contributed by atoms with Crippen LogP contribution in [0.25, 0.3) is 0 Å². The van der Waals surface area contributed by atoms with E-state index in [0.29, 0.717) is 0 Å². The van der Waals surface area contributed by atoms with Crippen LogP contribution in [0.1, 0.15) is 48.0 Å². The van der Waals surface area contributed by atoms with Crippen LogP contribution in [0.5, 0.6) is 0 Å². The van der Waals surface area contributed by atoms with E-state index in [1.54, 1.807) is 4.90 Å². The highest BCUT2D eigenvalue weighted by atomic mass is 16.4. The molecule has 0 heterocycles. The Kier molecular flexibility index (Phi) is 5.53. The third-order valence-corrected chi connectivity index (χ3v) is 2.72. The lowest BCUT2D eigenvalue weighted by Crippen LogP contribution is -2.63. The molecule has 0 bridgehead atoms. The summed E-state index contributed by atoms with van der Waals surface area (Å²) in [6, 6.07) is -1.27. The molecule has 3 N–H and O–H groups in total. The molecular formula is C13H25NO5. The molecule has 0 spiro atoms. The fourth-order valence-corrected chi connectivity index (χ4v) is 2.58. The highest BCUT2D eigenvalue weighted by Gasteiger charge is 2.44. The van der Waals surface area contributed by atoms with Crippen molar-refractivity contribution < 1.29 is 24.9 Å². The first-order valence-electron chi connectivity index (χ1n) is 6.20. The van der Waals surface area contributed by atoms with Crippen LogP contribution in [0.15, 0.2) is 0 Å². The third kappa shape index (κ3) is 5.16. The maximum atomic E-state index is 11.5. The third-order valence-electron chi connectivity index (χ3n) is 2.72. The number of aliphatic carboxylic acids is 2. The Bertz CT molecular complexity index is 326. The quantitative estimate of drug-likeness (QED) is 0.697. The van der Waals surface area contributed by atoms with Crippen molar-refractivity contribution in [3.8, 4) is 0 Å². The molecule has 112 valence electrons. The number of hydrogen-bond acceptors (Lipinski definition) is 4. The van der Waals surface area contributed by atoms with Gasteiger partial charge in [-0.15, -0.1) is 0 Å². The molecule has 2 unspecified atom stereocenters. The summed E-state index contributed by atoms with van der Waals surface area (Å²) in [7, 11) is 0. The monoisotopic (exact) mass is 275 g/mol. The number of aliphatic hydroxyl groups excluding tert-OH is 1. The average Bonchev–Trinajstić information content (AvgIpc) is 2.07. The summed E-state index contributed by atoms with van der Waals surface area (Å²) in [4.78, 5) is 23.8. The minimum absolute atomic E-state index is 0.527. The van der Waals surface area contributed by atoms with Crippen molar-refractivity contribution in [3.05, 3.63) is 0 Å². The normalized spacial score (nSPS) is 16.2. The van der Waals surface area contributed by atoms with Gasteiger partial charge in [0.15, 0.2) is 0 Å². The van der Waals surface area contributed by atoms with Crippen LogP contribution < -0.4 is 0 Å². The summed E-state index contributed by atoms with van der Waals surface area (Å²) in [6.45, 7) is 11.0. The molecule has 0 amide bonds. The van der Waals surface area contributed by atoms with E-state index in [0.717, 1.165) is 0 Å². The van der Waals surface area contributed by atoms with Gasteiger partial charge >= 0.3 is 11.9 Å². The van der Waals surface area contributed by atoms with E-state index in [1.165, 1.54) is 0 Å². The zero-order valence-corrected chi connectivity index (χ0v) is 12.5. The number of aliphatic hydroxyl groups is 1. The van der Waals surface area contributed by atoms with Crippen molar-refractivity contribution in [2.24, 2.45) is 0 Å². The summed E-state index contributed by atoms with van der Waals surface area (Å²) >= 11 is 0. The predicted molar refractivity (Wildman–Crippen MR) is 71.0 cm³/mol. The van der Waals surface area contributed by atoms with Gasteiger partial charge in [0.25, 0.3) is 0 Å². The van der Waals surface area contributed by atoms with Gasteiger partial charge in [-0.05, 0) is 41.5 Å². The topological polar surface area (TPSA) is 98.1 Å². The first-order chi connectivity index (χ1) is 8.28. The lowest BCUT2D eigenvalue weighted by Gasteiger charge is -2.49. The molecular weight excluding hydrogens is 250 g/mol. The summed E-state index contributed by atoms with van der Waals surface area (Å²) in [6.07, 6.45) is -2.06. The van der Waals surface area contributed by atoms with Crippen LogP contribution in [-0.4, -0.2) is 55.4 Å². The second-order valence-electron chi connectivity index (χ2n) is 6.66. The summed E-state index contributed by atoms with van der Waals surface area (Å²) < 4.78 is 0. The predicted octanol–water partition coefficient (Wildman–Crippen LogP) is 1.17. The largest absolute Gasteiger partial charge is 0.481 e. The highest BCUT2D eigenvalue weighted by molar-refractivity contribution is 5.76. The van der Waals surface area contributed by atoms with Crippen molar-refractivity contribution in [2.75, 3.05) is 0 Å². The van der Waals surface area contributed by atoms with Crippen molar-refractivity contribution >= 4 is 11.9 Å². The molecule has 6 nitrogen and oxygen atoms in total. The standard InChI is InChI=1S/C13H25NO5/c1-12(2,3)14(13(4,5)6)10(11(18)19)8(15)7-9(16)17/h8,10,15H,7H2,1-6H3,(H,16,17)(H,18,19). The molecule has 0 fully saturated rings. The number of rotatable bonds is 5. The number of carboxylic acids is 2. The fourth-order valence-electron chi connectivity index (χ4n) is 2.58. The van der Waals surface area contributed by atoms with Gasteiger partial charge in [0.05, 0.1) is 12.5 Å². The Morgan fingerprint density at radius 3 is 1.58 bits per heavy atom. The Labute approximate surface area is 114 Å². The molecule has 0 saturated heterocycles. The molecule has 19 heavy (non-hydrogen) atoms. The maximum Gasteiger partial charge on any atom is 0.323 e. The number of nitrogens with zero attached hydrogens (tertiary/aromatic N) is 1. The van der Waals surface area contributed by atoms with Crippen LogP contribution in [0.3, 0.4) is 0 Å². The van der Waals surface area contributed by atoms with Gasteiger partial charge in [-0.1, -0.05) is 0 Å². The SMILES string of the molecule is CC(C)(C)N(C(C(=O)O)C(O)CC(=O)O)C(C)(C)C. The Hall–Kier alpha value is -1.14. The molecule has 0 aromatic carbocycles. The van der Waals surface area contributed by atoms with Gasteiger partial charge in [0.2, 0.25) is 0 Å². The van der Waals surface area contributed by atoms with Gasteiger partial charge in [0.1, 0.15) is 6.04 Å². The number of carbonyl (C=O) groups is 2.